The van der Waals surface area contributed by atoms with Crippen molar-refractivity contribution in [2.45, 2.75) is 19.6 Å². The van der Waals surface area contributed by atoms with Gasteiger partial charge in [0.15, 0.2) is 0 Å². The van der Waals surface area contributed by atoms with Crippen molar-refractivity contribution < 1.29 is 14.2 Å². The lowest BCUT2D eigenvalue weighted by molar-refractivity contribution is 0.199. The van der Waals surface area contributed by atoms with Gasteiger partial charge >= 0.3 is 0 Å². The lowest BCUT2D eigenvalue weighted by Gasteiger charge is -2.09. The fourth-order valence-corrected chi connectivity index (χ4v) is 1.98. The molecule has 2 aromatic rings. The van der Waals surface area contributed by atoms with Crippen molar-refractivity contribution in [1.82, 2.24) is 0 Å². The van der Waals surface area contributed by atoms with Crippen LogP contribution in [0.1, 0.15) is 24.2 Å². The smallest absolute Gasteiger partial charge is 0.130 e. The van der Waals surface area contributed by atoms with Crippen LogP contribution in [0, 0.1) is 5.82 Å². The van der Waals surface area contributed by atoms with Crippen LogP contribution in [0.25, 0.3) is 0 Å². The summed E-state index contributed by atoms with van der Waals surface area (Å²) < 4.78 is 19.8. The van der Waals surface area contributed by atoms with Gasteiger partial charge in [-0.25, -0.2) is 4.39 Å². The molecule has 0 amide bonds. The molecule has 0 heterocycles. The Balaban J connectivity index is 2.02. The molecule has 1 N–H and O–H groups in total. The average molecular weight is 325 g/mol. The molecule has 0 fully saturated rings. The molecule has 0 aliphatic rings. The van der Waals surface area contributed by atoms with Gasteiger partial charge in [0.05, 0.1) is 6.10 Å². The van der Waals surface area contributed by atoms with Gasteiger partial charge in [-0.3, -0.25) is 0 Å². The average Bonchev–Trinajstić information content (AvgIpc) is 2.38. The fourth-order valence-electron chi connectivity index (χ4n) is 1.64. The molecule has 0 saturated heterocycles. The molecule has 1 atom stereocenters. The van der Waals surface area contributed by atoms with Crippen molar-refractivity contribution in [3.05, 3.63) is 63.9 Å². The number of aliphatic hydroxyl groups excluding tert-OH is 1. The quantitative estimate of drug-likeness (QED) is 0.912. The zero-order valence-corrected chi connectivity index (χ0v) is 12.0. The topological polar surface area (TPSA) is 29.5 Å². The molecule has 1 unspecified atom stereocenters. The maximum Gasteiger partial charge on any atom is 0.130 e. The Morgan fingerprint density at radius 3 is 2.47 bits per heavy atom. The summed E-state index contributed by atoms with van der Waals surface area (Å²) >= 11 is 3.21. The molecule has 0 aliphatic carbocycles. The molecular formula is C15H14BrFO2. The molecule has 2 aromatic carbocycles. The van der Waals surface area contributed by atoms with Gasteiger partial charge in [-0.15, -0.1) is 0 Å². The first-order chi connectivity index (χ1) is 9.06. The number of halogens is 2. The largest absolute Gasteiger partial charge is 0.489 e. The summed E-state index contributed by atoms with van der Waals surface area (Å²) in [6.45, 7) is 1.88. The Morgan fingerprint density at radius 2 is 1.89 bits per heavy atom. The zero-order chi connectivity index (χ0) is 13.8. The van der Waals surface area contributed by atoms with Gasteiger partial charge in [-0.2, -0.15) is 0 Å². The molecule has 0 saturated carbocycles. The van der Waals surface area contributed by atoms with Crippen LogP contribution in [0.2, 0.25) is 0 Å². The molecule has 4 heteroatoms. The fraction of sp³-hybridized carbons (Fsp3) is 0.200. The van der Waals surface area contributed by atoms with Crippen molar-refractivity contribution in [3.63, 3.8) is 0 Å². The molecule has 0 radical (unpaired) electrons. The summed E-state index contributed by atoms with van der Waals surface area (Å²) in [5.74, 6) is 0.349. The van der Waals surface area contributed by atoms with E-state index in [9.17, 15) is 9.50 Å². The second-order valence-electron chi connectivity index (χ2n) is 4.27. The highest BCUT2D eigenvalue weighted by Gasteiger charge is 2.05. The van der Waals surface area contributed by atoms with E-state index in [2.05, 4.69) is 15.9 Å². The highest BCUT2D eigenvalue weighted by Crippen LogP contribution is 2.20. The normalized spacial score (nSPS) is 12.2. The van der Waals surface area contributed by atoms with Crippen molar-refractivity contribution in [2.24, 2.45) is 0 Å². The molecule has 2 nitrogen and oxygen atoms in total. The van der Waals surface area contributed by atoms with Crippen LogP contribution in [-0.2, 0) is 6.61 Å². The van der Waals surface area contributed by atoms with Crippen LogP contribution < -0.4 is 4.74 Å². The highest BCUT2D eigenvalue weighted by molar-refractivity contribution is 9.10. The molecule has 0 spiro atoms. The van der Waals surface area contributed by atoms with Gasteiger partial charge in [0.2, 0.25) is 0 Å². The monoisotopic (exact) mass is 324 g/mol. The molecule has 0 bridgehead atoms. The summed E-state index contributed by atoms with van der Waals surface area (Å²) in [6.07, 6.45) is -0.502. The number of hydrogen-bond donors (Lipinski definition) is 1. The first-order valence-electron chi connectivity index (χ1n) is 5.91. The van der Waals surface area contributed by atoms with Gasteiger partial charge in [0.1, 0.15) is 18.2 Å². The van der Waals surface area contributed by atoms with Gasteiger partial charge in [-0.05, 0) is 36.8 Å². The Hall–Kier alpha value is -1.39. The first kappa shape index (κ1) is 14.0. The third kappa shape index (κ3) is 3.78. The summed E-state index contributed by atoms with van der Waals surface area (Å²) in [6, 6.07) is 12.0. The molecule has 0 aliphatic heterocycles. The Bertz CT molecular complexity index is 553. The van der Waals surface area contributed by atoms with Gasteiger partial charge < -0.3 is 9.84 Å². The second kappa shape index (κ2) is 6.17. The Kier molecular flexibility index (Phi) is 4.56. The maximum absolute atomic E-state index is 13.6. The molecule has 0 aromatic heterocycles. The third-order valence-electron chi connectivity index (χ3n) is 2.77. The summed E-state index contributed by atoms with van der Waals surface area (Å²) in [5.41, 5.74) is 1.32. The summed E-state index contributed by atoms with van der Waals surface area (Å²) in [4.78, 5) is 0. The van der Waals surface area contributed by atoms with Crippen LogP contribution >= 0.6 is 15.9 Å². The van der Waals surface area contributed by atoms with Crippen LogP contribution in [0.4, 0.5) is 4.39 Å². The molecular weight excluding hydrogens is 311 g/mol. The third-order valence-corrected chi connectivity index (χ3v) is 3.27. The zero-order valence-electron chi connectivity index (χ0n) is 10.4. The molecule has 100 valence electrons. The van der Waals surface area contributed by atoms with E-state index in [4.69, 9.17) is 4.74 Å². The van der Waals surface area contributed by atoms with Gasteiger partial charge in [-0.1, -0.05) is 34.1 Å². The van der Waals surface area contributed by atoms with E-state index in [1.54, 1.807) is 43.3 Å². The van der Waals surface area contributed by atoms with Crippen LogP contribution in [-0.4, -0.2) is 5.11 Å². The van der Waals surface area contributed by atoms with E-state index in [1.807, 2.05) is 0 Å². The number of benzene rings is 2. The van der Waals surface area contributed by atoms with Gasteiger partial charge in [0, 0.05) is 10.0 Å². The van der Waals surface area contributed by atoms with Crippen molar-refractivity contribution in [1.29, 1.82) is 0 Å². The predicted molar refractivity (Wildman–Crippen MR) is 75.5 cm³/mol. The summed E-state index contributed by atoms with van der Waals surface area (Å²) in [7, 11) is 0. The van der Waals surface area contributed by atoms with Crippen molar-refractivity contribution in [3.8, 4) is 5.75 Å². The SMILES string of the molecule is CC(O)c1ccc(OCc2ccc(Br)cc2F)cc1. The standard InChI is InChI=1S/C15H14BrFO2/c1-10(18)11-3-6-14(7-4-11)19-9-12-2-5-13(16)8-15(12)17/h2-8,10,18H,9H2,1H3. The molecule has 2 rings (SSSR count). The number of hydrogen-bond acceptors (Lipinski definition) is 2. The van der Waals surface area contributed by atoms with E-state index in [1.165, 1.54) is 6.07 Å². The number of aliphatic hydroxyl groups is 1. The maximum atomic E-state index is 13.6. The van der Waals surface area contributed by atoms with Crippen molar-refractivity contribution >= 4 is 15.9 Å². The Labute approximate surface area is 120 Å². The van der Waals surface area contributed by atoms with E-state index < -0.39 is 6.10 Å². The van der Waals surface area contributed by atoms with Crippen molar-refractivity contribution in [2.75, 3.05) is 0 Å². The van der Waals surface area contributed by atoms with E-state index in [-0.39, 0.29) is 12.4 Å². The van der Waals surface area contributed by atoms with E-state index in [0.717, 1.165) is 5.56 Å². The lowest BCUT2D eigenvalue weighted by Crippen LogP contribution is -1.99. The van der Waals surface area contributed by atoms with E-state index >= 15 is 0 Å². The lowest BCUT2D eigenvalue weighted by atomic mass is 10.1. The summed E-state index contributed by atoms with van der Waals surface area (Å²) in [5, 5.41) is 9.39. The predicted octanol–water partition coefficient (Wildman–Crippen LogP) is 4.22. The minimum Gasteiger partial charge on any atom is -0.489 e. The highest BCUT2D eigenvalue weighted by atomic mass is 79.9. The first-order valence-corrected chi connectivity index (χ1v) is 6.70. The number of ether oxygens (including phenoxy) is 1. The second-order valence-corrected chi connectivity index (χ2v) is 5.19. The van der Waals surface area contributed by atoms with Crippen LogP contribution in [0.3, 0.4) is 0 Å². The minimum absolute atomic E-state index is 0.174. The van der Waals surface area contributed by atoms with Gasteiger partial charge in [0.25, 0.3) is 0 Å². The molecule has 19 heavy (non-hydrogen) atoms. The van der Waals surface area contributed by atoms with E-state index in [0.29, 0.717) is 15.8 Å². The van der Waals surface area contributed by atoms with Crippen LogP contribution in [0.15, 0.2) is 46.9 Å². The minimum atomic E-state index is -0.502. The number of rotatable bonds is 4. The Morgan fingerprint density at radius 1 is 1.21 bits per heavy atom. The van der Waals surface area contributed by atoms with Crippen LogP contribution in [0.5, 0.6) is 5.75 Å².